The van der Waals surface area contributed by atoms with Crippen molar-refractivity contribution in [3.05, 3.63) is 70.3 Å². The highest BCUT2D eigenvalue weighted by Crippen LogP contribution is 2.26. The first kappa shape index (κ1) is 20.4. The summed E-state index contributed by atoms with van der Waals surface area (Å²) in [6.07, 6.45) is 1.90. The zero-order valence-electron chi connectivity index (χ0n) is 15.9. The predicted molar refractivity (Wildman–Crippen MR) is 111 cm³/mol. The van der Waals surface area contributed by atoms with Gasteiger partial charge in [-0.15, -0.1) is 11.8 Å². The molecule has 1 aliphatic rings. The average Bonchev–Trinajstić information content (AvgIpc) is 2.70. The third kappa shape index (κ3) is 5.81. The van der Waals surface area contributed by atoms with Crippen LogP contribution in [0.15, 0.2) is 59.5 Å². The molecule has 0 radical (unpaired) electrons. The number of nitrogens with one attached hydrogen (secondary N) is 1. The van der Waals surface area contributed by atoms with Gasteiger partial charge >= 0.3 is 0 Å². The maximum absolute atomic E-state index is 12.5. The lowest BCUT2D eigenvalue weighted by atomic mass is 10.0. The van der Waals surface area contributed by atoms with Crippen LogP contribution in [0.1, 0.15) is 25.3 Å². The van der Waals surface area contributed by atoms with Crippen molar-refractivity contribution in [3.8, 4) is 0 Å². The molecule has 2 aromatic rings. The number of amides is 1. The number of nitrogens with zero attached hydrogens (tertiary/aromatic N) is 2. The Bertz CT molecular complexity index is 790. The van der Waals surface area contributed by atoms with Crippen molar-refractivity contribution in [2.24, 2.45) is 0 Å². The summed E-state index contributed by atoms with van der Waals surface area (Å²) in [5.41, 5.74) is 1.38. The molecule has 28 heavy (non-hydrogen) atoms. The van der Waals surface area contributed by atoms with Crippen LogP contribution in [0.25, 0.3) is 0 Å². The predicted octanol–water partition coefficient (Wildman–Crippen LogP) is 3.86. The summed E-state index contributed by atoms with van der Waals surface area (Å²) >= 11 is 1.42. The third-order valence-corrected chi connectivity index (χ3v) is 6.02. The van der Waals surface area contributed by atoms with Crippen LogP contribution in [-0.4, -0.2) is 40.1 Å². The van der Waals surface area contributed by atoms with Gasteiger partial charge in [-0.25, -0.2) is 0 Å². The van der Waals surface area contributed by atoms with Crippen molar-refractivity contribution in [2.45, 2.75) is 42.5 Å². The first-order valence-electron chi connectivity index (χ1n) is 9.49. The van der Waals surface area contributed by atoms with Gasteiger partial charge in [-0.05, 0) is 37.5 Å². The molecule has 2 aromatic carbocycles. The van der Waals surface area contributed by atoms with E-state index in [0.29, 0.717) is 0 Å². The van der Waals surface area contributed by atoms with Gasteiger partial charge in [0, 0.05) is 42.7 Å². The minimum absolute atomic E-state index is 0.0184. The Hall–Kier alpha value is -2.38. The van der Waals surface area contributed by atoms with Gasteiger partial charge in [-0.3, -0.25) is 19.8 Å². The minimum atomic E-state index is -0.422. The van der Waals surface area contributed by atoms with E-state index in [-0.39, 0.29) is 22.9 Å². The van der Waals surface area contributed by atoms with Crippen molar-refractivity contribution >= 4 is 23.4 Å². The summed E-state index contributed by atoms with van der Waals surface area (Å²) in [6, 6.07) is 17.0. The van der Waals surface area contributed by atoms with Crippen LogP contribution >= 0.6 is 11.8 Å². The maximum atomic E-state index is 12.5. The van der Waals surface area contributed by atoms with E-state index in [9.17, 15) is 14.9 Å². The number of rotatable bonds is 7. The number of hydrogen-bond donors (Lipinski definition) is 1. The molecule has 1 amide bonds. The maximum Gasteiger partial charge on any atom is 0.269 e. The molecule has 1 saturated heterocycles. The first-order valence-corrected chi connectivity index (χ1v) is 10.4. The Morgan fingerprint density at radius 2 is 1.82 bits per heavy atom. The van der Waals surface area contributed by atoms with Gasteiger partial charge in [0.05, 0.1) is 10.2 Å². The highest BCUT2D eigenvalue weighted by atomic mass is 32.2. The zero-order chi connectivity index (χ0) is 19.9. The second-order valence-corrected chi connectivity index (χ2v) is 8.47. The van der Waals surface area contributed by atoms with Crippen LogP contribution in [0.2, 0.25) is 0 Å². The monoisotopic (exact) mass is 399 g/mol. The molecular weight excluding hydrogens is 374 g/mol. The lowest BCUT2D eigenvalue weighted by Gasteiger charge is -2.32. The van der Waals surface area contributed by atoms with E-state index in [0.717, 1.165) is 37.4 Å². The molecular formula is C21H25N3O3S. The van der Waals surface area contributed by atoms with Crippen molar-refractivity contribution in [1.29, 1.82) is 0 Å². The van der Waals surface area contributed by atoms with E-state index in [1.165, 1.54) is 29.5 Å². The Kier molecular flexibility index (Phi) is 7.06. The number of nitro groups is 1. The van der Waals surface area contributed by atoms with Gasteiger partial charge in [-0.2, -0.15) is 0 Å². The van der Waals surface area contributed by atoms with Crippen LogP contribution in [0.3, 0.4) is 0 Å². The number of benzene rings is 2. The molecule has 0 bridgehead atoms. The van der Waals surface area contributed by atoms with Gasteiger partial charge in [0.15, 0.2) is 0 Å². The quantitative estimate of drug-likeness (QED) is 0.435. The Balaban J connectivity index is 1.42. The van der Waals surface area contributed by atoms with Crippen molar-refractivity contribution in [1.82, 2.24) is 10.2 Å². The Morgan fingerprint density at radius 3 is 2.43 bits per heavy atom. The average molecular weight is 400 g/mol. The summed E-state index contributed by atoms with van der Waals surface area (Å²) in [5.74, 6) is 0.0184. The second-order valence-electron chi connectivity index (χ2n) is 7.06. The van der Waals surface area contributed by atoms with Gasteiger partial charge in [0.2, 0.25) is 5.91 Å². The molecule has 0 spiro atoms. The molecule has 0 aromatic heterocycles. The SMILES string of the molecule is CC(Sc1ccc([N+](=O)[O-])cc1)C(=O)NC1CCN(Cc2ccccc2)CC1. The molecule has 148 valence electrons. The molecule has 1 aliphatic heterocycles. The summed E-state index contributed by atoms with van der Waals surface area (Å²) in [4.78, 5) is 26.1. The number of non-ortho nitro benzene ring substituents is 1. The first-order chi connectivity index (χ1) is 13.5. The number of likely N-dealkylation sites (tertiary alicyclic amines) is 1. The topological polar surface area (TPSA) is 75.5 Å². The summed E-state index contributed by atoms with van der Waals surface area (Å²) in [5, 5.41) is 13.6. The molecule has 0 saturated carbocycles. The molecule has 1 unspecified atom stereocenters. The lowest BCUT2D eigenvalue weighted by molar-refractivity contribution is -0.384. The normalized spacial score (nSPS) is 16.5. The van der Waals surface area contributed by atoms with Crippen molar-refractivity contribution < 1.29 is 9.72 Å². The Labute approximate surface area is 169 Å². The van der Waals surface area contributed by atoms with Gasteiger partial charge in [0.25, 0.3) is 5.69 Å². The van der Waals surface area contributed by atoms with E-state index in [1.54, 1.807) is 12.1 Å². The van der Waals surface area contributed by atoms with E-state index < -0.39 is 4.92 Å². The molecule has 1 fully saturated rings. The molecule has 1 N–H and O–H groups in total. The van der Waals surface area contributed by atoms with Crippen LogP contribution in [0.5, 0.6) is 0 Å². The van der Waals surface area contributed by atoms with Crippen LogP contribution < -0.4 is 5.32 Å². The highest BCUT2D eigenvalue weighted by molar-refractivity contribution is 8.00. The summed E-state index contributed by atoms with van der Waals surface area (Å²) in [6.45, 7) is 4.77. The lowest BCUT2D eigenvalue weighted by Crippen LogP contribution is -2.46. The fourth-order valence-electron chi connectivity index (χ4n) is 3.30. The minimum Gasteiger partial charge on any atom is -0.352 e. The largest absolute Gasteiger partial charge is 0.352 e. The number of carbonyl (C=O) groups excluding carboxylic acids is 1. The van der Waals surface area contributed by atoms with Crippen LogP contribution in [-0.2, 0) is 11.3 Å². The van der Waals surface area contributed by atoms with E-state index in [2.05, 4.69) is 34.5 Å². The molecule has 1 heterocycles. The van der Waals surface area contributed by atoms with Gasteiger partial charge in [-0.1, -0.05) is 30.3 Å². The van der Waals surface area contributed by atoms with Crippen LogP contribution in [0.4, 0.5) is 5.69 Å². The third-order valence-electron chi connectivity index (χ3n) is 4.91. The standard InChI is InChI=1S/C21H25N3O3S/c1-16(28-20-9-7-19(8-10-20)24(26)27)21(25)22-18-11-13-23(14-12-18)15-17-5-3-2-4-6-17/h2-10,16,18H,11-15H2,1H3,(H,22,25). The number of hydrogen-bond acceptors (Lipinski definition) is 5. The van der Waals surface area contributed by atoms with E-state index in [1.807, 2.05) is 13.0 Å². The van der Waals surface area contributed by atoms with Crippen molar-refractivity contribution in [2.75, 3.05) is 13.1 Å². The smallest absolute Gasteiger partial charge is 0.269 e. The van der Waals surface area contributed by atoms with Gasteiger partial charge in [0.1, 0.15) is 0 Å². The molecule has 7 heteroatoms. The number of nitro benzene ring substituents is 1. The zero-order valence-corrected chi connectivity index (χ0v) is 16.7. The highest BCUT2D eigenvalue weighted by Gasteiger charge is 2.23. The van der Waals surface area contributed by atoms with E-state index >= 15 is 0 Å². The second kappa shape index (κ2) is 9.71. The van der Waals surface area contributed by atoms with Crippen molar-refractivity contribution in [3.63, 3.8) is 0 Å². The fraction of sp³-hybridized carbons (Fsp3) is 0.381. The summed E-state index contributed by atoms with van der Waals surface area (Å²) in [7, 11) is 0. The number of piperidine rings is 1. The fourth-order valence-corrected chi connectivity index (χ4v) is 4.18. The Morgan fingerprint density at radius 1 is 1.18 bits per heavy atom. The summed E-state index contributed by atoms with van der Waals surface area (Å²) < 4.78 is 0. The molecule has 3 rings (SSSR count). The molecule has 6 nitrogen and oxygen atoms in total. The number of thioether (sulfide) groups is 1. The van der Waals surface area contributed by atoms with Crippen LogP contribution in [0, 0.1) is 10.1 Å². The molecule has 0 aliphatic carbocycles. The number of carbonyl (C=O) groups is 1. The molecule has 1 atom stereocenters. The van der Waals surface area contributed by atoms with E-state index in [4.69, 9.17) is 0 Å². The van der Waals surface area contributed by atoms with Gasteiger partial charge < -0.3 is 5.32 Å².